The number of carbonyl (C=O) groups excluding carboxylic acids is 1. The molecule has 2 saturated heterocycles. The zero-order chi connectivity index (χ0) is 21.9. The van der Waals surface area contributed by atoms with Crippen LogP contribution in [-0.2, 0) is 29.4 Å². The van der Waals surface area contributed by atoms with Crippen LogP contribution in [0.5, 0.6) is 0 Å². The summed E-state index contributed by atoms with van der Waals surface area (Å²) in [7, 11) is -3.78. The number of aromatic nitrogens is 1. The summed E-state index contributed by atoms with van der Waals surface area (Å²) in [6.07, 6.45) is 3.46. The van der Waals surface area contributed by atoms with E-state index in [1.165, 1.54) is 38.1 Å². The number of thioether (sulfide) groups is 1. The molecular weight excluding hydrogens is 450 g/mol. The number of ether oxygens (including phenoxy) is 1. The summed E-state index contributed by atoms with van der Waals surface area (Å²) in [5.74, 6) is 0.0229. The first-order chi connectivity index (χ1) is 14.1. The molecule has 2 fully saturated rings. The Morgan fingerprint density at radius 2 is 2.07 bits per heavy atom. The van der Waals surface area contributed by atoms with Crippen LogP contribution >= 0.6 is 11.8 Å². The van der Waals surface area contributed by atoms with E-state index in [1.54, 1.807) is 11.0 Å². The van der Waals surface area contributed by atoms with Crippen molar-refractivity contribution in [1.82, 2.24) is 14.2 Å². The molecule has 3 heterocycles. The van der Waals surface area contributed by atoms with Gasteiger partial charge in [-0.15, -0.1) is 0 Å². The highest BCUT2D eigenvalue weighted by Crippen LogP contribution is 2.24. The van der Waals surface area contributed by atoms with Crippen molar-refractivity contribution in [3.63, 3.8) is 0 Å². The first-order valence-corrected chi connectivity index (χ1v) is 14.0. The van der Waals surface area contributed by atoms with E-state index in [0.717, 1.165) is 17.1 Å². The maximum Gasteiger partial charge on any atom is 0.244 e. The summed E-state index contributed by atoms with van der Waals surface area (Å²) >= 11 is 1.20. The lowest BCUT2D eigenvalue weighted by Crippen LogP contribution is -2.46. The molecule has 0 aromatic carbocycles. The molecule has 2 aliphatic rings. The Bertz CT molecular complexity index is 957. The molecule has 2 atom stereocenters. The van der Waals surface area contributed by atoms with Gasteiger partial charge in [-0.3, -0.25) is 4.79 Å². The van der Waals surface area contributed by atoms with E-state index in [-0.39, 0.29) is 40.2 Å². The number of pyridine rings is 1. The lowest BCUT2D eigenvalue weighted by molar-refractivity contribution is -0.131. The molecule has 9 nitrogen and oxygen atoms in total. The van der Waals surface area contributed by atoms with Gasteiger partial charge < -0.3 is 9.64 Å². The molecule has 0 saturated carbocycles. The highest BCUT2D eigenvalue weighted by Gasteiger charge is 2.36. The maximum absolute atomic E-state index is 12.9. The van der Waals surface area contributed by atoms with Crippen LogP contribution in [0.15, 0.2) is 28.3 Å². The van der Waals surface area contributed by atoms with E-state index in [2.05, 4.69) is 4.98 Å². The van der Waals surface area contributed by atoms with Crippen molar-refractivity contribution >= 4 is 37.5 Å². The molecule has 0 unspecified atom stereocenters. The van der Waals surface area contributed by atoms with Gasteiger partial charge in [-0.1, -0.05) is 11.8 Å². The minimum Gasteiger partial charge on any atom is -0.376 e. The lowest BCUT2D eigenvalue weighted by Gasteiger charge is -2.30. The predicted molar refractivity (Wildman–Crippen MR) is 114 cm³/mol. The standard InChI is InChI=1S/C18H27N3O6S3/c1-20(2)30(25,26)16-5-6-17(19-10-16)28-12-18(22)21(11-15-4-3-8-27-15)14-7-9-29(23,24)13-14/h5-6,10,14-15H,3-4,7-9,11-13H2,1-2H3/t14-,15-/m1/s1. The molecule has 30 heavy (non-hydrogen) atoms. The second-order valence-electron chi connectivity index (χ2n) is 7.65. The Kier molecular flexibility index (Phi) is 7.44. The van der Waals surface area contributed by atoms with Gasteiger partial charge in [0, 0.05) is 39.5 Å². The fraction of sp³-hybridized carbons (Fsp3) is 0.667. The largest absolute Gasteiger partial charge is 0.376 e. The average Bonchev–Trinajstić information content (AvgIpc) is 3.33. The number of nitrogens with zero attached hydrogens (tertiary/aromatic N) is 3. The smallest absolute Gasteiger partial charge is 0.244 e. The fourth-order valence-electron chi connectivity index (χ4n) is 3.52. The molecule has 168 valence electrons. The molecule has 12 heteroatoms. The van der Waals surface area contributed by atoms with Crippen molar-refractivity contribution in [3.8, 4) is 0 Å². The van der Waals surface area contributed by atoms with Gasteiger partial charge in [0.05, 0.1) is 28.4 Å². The van der Waals surface area contributed by atoms with Gasteiger partial charge in [-0.25, -0.2) is 26.1 Å². The molecule has 1 aromatic heterocycles. The molecule has 0 N–H and O–H groups in total. The molecule has 0 spiro atoms. The van der Waals surface area contributed by atoms with Crippen LogP contribution in [0.4, 0.5) is 0 Å². The number of sulfonamides is 1. The Hall–Kier alpha value is -1.21. The van der Waals surface area contributed by atoms with Crippen LogP contribution in [0, 0.1) is 0 Å². The second kappa shape index (κ2) is 9.51. The number of sulfone groups is 1. The SMILES string of the molecule is CN(C)S(=O)(=O)c1ccc(SCC(=O)N(C[C@H]2CCCO2)[C@@H]2CCS(=O)(=O)C2)nc1. The summed E-state index contributed by atoms with van der Waals surface area (Å²) in [5.41, 5.74) is 0. The van der Waals surface area contributed by atoms with Crippen molar-refractivity contribution in [3.05, 3.63) is 18.3 Å². The summed E-state index contributed by atoms with van der Waals surface area (Å²) in [6.45, 7) is 1.06. The summed E-state index contributed by atoms with van der Waals surface area (Å²) < 4.78 is 54.8. The number of hydrogen-bond donors (Lipinski definition) is 0. The van der Waals surface area contributed by atoms with Crippen LogP contribution in [0.3, 0.4) is 0 Å². The summed E-state index contributed by atoms with van der Waals surface area (Å²) in [6, 6.07) is 2.70. The summed E-state index contributed by atoms with van der Waals surface area (Å²) in [4.78, 5) is 18.8. The monoisotopic (exact) mass is 477 g/mol. The quantitative estimate of drug-likeness (QED) is 0.501. The van der Waals surface area contributed by atoms with E-state index in [4.69, 9.17) is 4.74 Å². The van der Waals surface area contributed by atoms with E-state index in [0.29, 0.717) is 24.6 Å². The minimum atomic E-state index is -3.56. The Morgan fingerprint density at radius 1 is 1.30 bits per heavy atom. The number of hydrogen-bond acceptors (Lipinski definition) is 8. The van der Waals surface area contributed by atoms with Gasteiger partial charge >= 0.3 is 0 Å². The van der Waals surface area contributed by atoms with Gasteiger partial charge in [-0.2, -0.15) is 0 Å². The Labute approximate surface area is 182 Å². The third-order valence-electron chi connectivity index (χ3n) is 5.23. The molecule has 1 aromatic rings. The first-order valence-electron chi connectivity index (χ1n) is 9.71. The molecule has 0 bridgehead atoms. The highest BCUT2D eigenvalue weighted by atomic mass is 32.2. The predicted octanol–water partition coefficient (Wildman–Crippen LogP) is 0.619. The molecule has 2 aliphatic heterocycles. The number of rotatable bonds is 8. The van der Waals surface area contributed by atoms with Gasteiger partial charge in [0.1, 0.15) is 4.90 Å². The maximum atomic E-state index is 12.9. The number of amides is 1. The Morgan fingerprint density at radius 3 is 2.60 bits per heavy atom. The number of carbonyl (C=O) groups is 1. The fourth-order valence-corrected chi connectivity index (χ4v) is 6.82. The normalized spacial score (nSPS) is 23.7. The summed E-state index contributed by atoms with van der Waals surface area (Å²) in [5, 5.41) is 0.525. The van der Waals surface area contributed by atoms with Crippen LogP contribution in [0.1, 0.15) is 19.3 Å². The molecule has 0 radical (unpaired) electrons. The topological polar surface area (TPSA) is 114 Å². The first kappa shape index (κ1) is 23.5. The van der Waals surface area contributed by atoms with Crippen molar-refractivity contribution in [1.29, 1.82) is 0 Å². The van der Waals surface area contributed by atoms with Gasteiger partial charge in [-0.05, 0) is 31.4 Å². The zero-order valence-corrected chi connectivity index (χ0v) is 19.5. The van der Waals surface area contributed by atoms with Crippen LogP contribution < -0.4 is 0 Å². The van der Waals surface area contributed by atoms with E-state index >= 15 is 0 Å². The van der Waals surface area contributed by atoms with E-state index in [9.17, 15) is 21.6 Å². The highest BCUT2D eigenvalue weighted by molar-refractivity contribution is 7.99. The Balaban J connectivity index is 1.65. The van der Waals surface area contributed by atoms with Crippen molar-refractivity contribution < 1.29 is 26.4 Å². The third-order valence-corrected chi connectivity index (χ3v) is 9.70. The van der Waals surface area contributed by atoms with Crippen LogP contribution in [-0.4, -0.2) is 93.6 Å². The molecule has 3 rings (SSSR count). The van der Waals surface area contributed by atoms with E-state index < -0.39 is 19.9 Å². The minimum absolute atomic E-state index is 0.00846. The molecule has 0 aliphatic carbocycles. The second-order valence-corrected chi connectivity index (χ2v) is 13.0. The zero-order valence-electron chi connectivity index (χ0n) is 17.1. The van der Waals surface area contributed by atoms with Gasteiger partial charge in [0.25, 0.3) is 0 Å². The lowest BCUT2D eigenvalue weighted by atomic mass is 10.1. The van der Waals surface area contributed by atoms with Gasteiger partial charge in [0.15, 0.2) is 9.84 Å². The average molecular weight is 478 g/mol. The van der Waals surface area contributed by atoms with Crippen molar-refractivity contribution in [2.75, 3.05) is 44.5 Å². The van der Waals surface area contributed by atoms with Crippen LogP contribution in [0.2, 0.25) is 0 Å². The van der Waals surface area contributed by atoms with Crippen LogP contribution in [0.25, 0.3) is 0 Å². The van der Waals surface area contributed by atoms with Gasteiger partial charge in [0.2, 0.25) is 15.9 Å². The molecular formula is C18H27N3O6S3. The third kappa shape index (κ3) is 5.72. The van der Waals surface area contributed by atoms with Crippen molar-refractivity contribution in [2.24, 2.45) is 0 Å². The van der Waals surface area contributed by atoms with E-state index in [1.807, 2.05) is 0 Å². The molecule has 1 amide bonds. The van der Waals surface area contributed by atoms with Crippen molar-refractivity contribution in [2.45, 2.75) is 41.3 Å².